The fourth-order valence-electron chi connectivity index (χ4n) is 1.82. The van der Waals surface area contributed by atoms with E-state index < -0.39 is 0 Å². The molecule has 0 spiro atoms. The summed E-state index contributed by atoms with van der Waals surface area (Å²) in [5.74, 6) is 0.616. The van der Waals surface area contributed by atoms with Gasteiger partial charge in [-0.3, -0.25) is 4.79 Å². The minimum atomic E-state index is 0. The fraction of sp³-hybridized carbons (Fsp3) is 0.462. The molecule has 0 aliphatic heterocycles. The quantitative estimate of drug-likeness (QED) is 0.872. The normalized spacial score (nSPS) is 15.7. The van der Waals surface area contributed by atoms with Gasteiger partial charge in [0, 0.05) is 17.6 Å². The molecule has 2 rings (SSSR count). The largest absolute Gasteiger partial charge is 0.354 e. The van der Waals surface area contributed by atoms with E-state index in [1.165, 1.54) is 12.8 Å². The van der Waals surface area contributed by atoms with Crippen LogP contribution in [0.1, 0.15) is 18.4 Å². The van der Waals surface area contributed by atoms with E-state index in [-0.39, 0.29) is 24.4 Å². The lowest BCUT2D eigenvalue weighted by Crippen LogP contribution is -2.39. The van der Waals surface area contributed by atoms with Crippen molar-refractivity contribution in [3.63, 3.8) is 0 Å². The summed E-state index contributed by atoms with van der Waals surface area (Å²) in [7, 11) is 0. The Bertz CT molecular complexity index is 408. The second kappa shape index (κ2) is 6.98. The van der Waals surface area contributed by atoms with Crippen LogP contribution in [0.5, 0.6) is 0 Å². The topological polar surface area (TPSA) is 55.1 Å². The van der Waals surface area contributed by atoms with E-state index >= 15 is 0 Å². The number of hydrogen-bond acceptors (Lipinski definition) is 2. The average Bonchev–Trinajstić information content (AvgIpc) is 3.09. The van der Waals surface area contributed by atoms with Crippen molar-refractivity contribution < 1.29 is 4.79 Å². The van der Waals surface area contributed by atoms with Crippen molar-refractivity contribution in [1.29, 1.82) is 0 Å². The number of halogens is 2. The van der Waals surface area contributed by atoms with E-state index in [2.05, 4.69) is 5.32 Å². The van der Waals surface area contributed by atoms with Crippen LogP contribution in [0.3, 0.4) is 0 Å². The number of carbonyl (C=O) groups is 1. The molecule has 1 aromatic rings. The Morgan fingerprint density at radius 3 is 2.83 bits per heavy atom. The minimum Gasteiger partial charge on any atom is -0.354 e. The lowest BCUT2D eigenvalue weighted by atomic mass is 10.1. The van der Waals surface area contributed by atoms with E-state index in [0.29, 0.717) is 23.9 Å². The van der Waals surface area contributed by atoms with Crippen LogP contribution in [0.15, 0.2) is 24.3 Å². The Balaban J connectivity index is 0.00000162. The summed E-state index contributed by atoms with van der Waals surface area (Å²) in [4.78, 5) is 11.7. The van der Waals surface area contributed by atoms with Crippen LogP contribution in [0.4, 0.5) is 0 Å². The van der Waals surface area contributed by atoms with Crippen molar-refractivity contribution in [2.24, 2.45) is 11.7 Å². The van der Waals surface area contributed by atoms with Crippen molar-refractivity contribution in [3.05, 3.63) is 34.9 Å². The Morgan fingerprint density at radius 1 is 1.50 bits per heavy atom. The van der Waals surface area contributed by atoms with Gasteiger partial charge in [-0.1, -0.05) is 23.7 Å². The highest BCUT2D eigenvalue weighted by atomic mass is 35.5. The van der Waals surface area contributed by atoms with E-state index in [4.69, 9.17) is 17.3 Å². The molecule has 1 aliphatic rings. The highest BCUT2D eigenvalue weighted by Crippen LogP contribution is 2.31. The number of rotatable bonds is 5. The molecule has 1 saturated carbocycles. The lowest BCUT2D eigenvalue weighted by molar-refractivity contribution is -0.120. The Morgan fingerprint density at radius 2 is 2.22 bits per heavy atom. The molecule has 1 atom stereocenters. The number of nitrogens with two attached hydrogens (primary N) is 1. The third-order valence-electron chi connectivity index (χ3n) is 3.02. The van der Waals surface area contributed by atoms with Gasteiger partial charge in [-0.25, -0.2) is 0 Å². The second-order valence-corrected chi connectivity index (χ2v) is 5.05. The van der Waals surface area contributed by atoms with Gasteiger partial charge in [-0.05, 0) is 36.5 Å². The maximum Gasteiger partial charge on any atom is 0.224 e. The molecule has 1 amide bonds. The van der Waals surface area contributed by atoms with Gasteiger partial charge in [-0.15, -0.1) is 12.4 Å². The predicted octanol–water partition coefficient (Wildman–Crippen LogP) is 2.16. The Hall–Kier alpha value is -0.770. The summed E-state index contributed by atoms with van der Waals surface area (Å²) in [6.45, 7) is 0.573. The number of nitrogens with one attached hydrogen (secondary N) is 1. The molecular formula is C13H18Cl2N2O. The molecule has 1 fully saturated rings. The zero-order chi connectivity index (χ0) is 12.3. The standard InChI is InChI=1S/C13H17ClN2O.ClH/c14-11-3-1-2-9(6-11)7-13(17)16-8-12(15)10-4-5-10;/h1-3,6,10,12H,4-5,7-8,15H2,(H,16,17);1H. The zero-order valence-electron chi connectivity index (χ0n) is 10.1. The van der Waals surface area contributed by atoms with Gasteiger partial charge in [0.25, 0.3) is 0 Å². The van der Waals surface area contributed by atoms with Crippen molar-refractivity contribution >= 4 is 29.9 Å². The fourth-order valence-corrected chi connectivity index (χ4v) is 2.03. The van der Waals surface area contributed by atoms with Crippen LogP contribution in [-0.2, 0) is 11.2 Å². The molecule has 0 bridgehead atoms. The number of benzene rings is 1. The molecule has 5 heteroatoms. The molecule has 100 valence electrons. The van der Waals surface area contributed by atoms with Gasteiger partial charge in [-0.2, -0.15) is 0 Å². The summed E-state index contributed by atoms with van der Waals surface area (Å²) in [6, 6.07) is 7.46. The van der Waals surface area contributed by atoms with Crippen LogP contribution in [0, 0.1) is 5.92 Å². The highest BCUT2D eigenvalue weighted by Gasteiger charge is 2.28. The molecule has 0 heterocycles. The molecule has 3 N–H and O–H groups in total. The summed E-state index contributed by atoms with van der Waals surface area (Å²) in [6.07, 6.45) is 2.76. The Kier molecular flexibility index (Phi) is 5.93. The van der Waals surface area contributed by atoms with Gasteiger partial charge in [0.15, 0.2) is 0 Å². The third kappa shape index (κ3) is 4.84. The zero-order valence-corrected chi connectivity index (χ0v) is 11.6. The van der Waals surface area contributed by atoms with Gasteiger partial charge in [0.2, 0.25) is 5.91 Å². The predicted molar refractivity (Wildman–Crippen MR) is 76.1 cm³/mol. The van der Waals surface area contributed by atoms with Crippen molar-refractivity contribution in [2.75, 3.05) is 6.54 Å². The SMILES string of the molecule is Cl.NC(CNC(=O)Cc1cccc(Cl)c1)C1CC1. The molecule has 1 unspecified atom stereocenters. The van der Waals surface area contributed by atoms with E-state index in [9.17, 15) is 4.79 Å². The summed E-state index contributed by atoms with van der Waals surface area (Å²) in [5.41, 5.74) is 6.83. The van der Waals surface area contributed by atoms with Crippen LogP contribution < -0.4 is 11.1 Å². The van der Waals surface area contributed by atoms with Crippen LogP contribution in [0.2, 0.25) is 5.02 Å². The second-order valence-electron chi connectivity index (χ2n) is 4.61. The first-order valence-electron chi connectivity index (χ1n) is 5.92. The van der Waals surface area contributed by atoms with Crippen LogP contribution in [0.25, 0.3) is 0 Å². The summed E-state index contributed by atoms with van der Waals surface area (Å²) in [5, 5.41) is 3.52. The molecule has 1 aliphatic carbocycles. The Labute approximate surface area is 118 Å². The lowest BCUT2D eigenvalue weighted by Gasteiger charge is -2.11. The molecular weight excluding hydrogens is 271 g/mol. The first-order chi connectivity index (χ1) is 8.15. The first-order valence-corrected chi connectivity index (χ1v) is 6.29. The third-order valence-corrected chi connectivity index (χ3v) is 3.25. The summed E-state index contributed by atoms with van der Waals surface area (Å²) < 4.78 is 0. The van der Waals surface area contributed by atoms with Gasteiger partial charge in [0.05, 0.1) is 6.42 Å². The molecule has 1 aromatic carbocycles. The maximum absolute atomic E-state index is 11.7. The monoisotopic (exact) mass is 288 g/mol. The van der Waals surface area contributed by atoms with E-state index in [0.717, 1.165) is 5.56 Å². The molecule has 0 saturated heterocycles. The molecule has 0 radical (unpaired) electrons. The van der Waals surface area contributed by atoms with E-state index in [1.54, 1.807) is 6.07 Å². The van der Waals surface area contributed by atoms with Crippen LogP contribution >= 0.6 is 24.0 Å². The van der Waals surface area contributed by atoms with Crippen molar-refractivity contribution in [2.45, 2.75) is 25.3 Å². The molecule has 0 aromatic heterocycles. The minimum absolute atomic E-state index is 0. The number of amides is 1. The summed E-state index contributed by atoms with van der Waals surface area (Å²) >= 11 is 5.85. The van der Waals surface area contributed by atoms with Crippen molar-refractivity contribution in [3.8, 4) is 0 Å². The molecule has 3 nitrogen and oxygen atoms in total. The number of carbonyl (C=O) groups excluding carboxylic acids is 1. The highest BCUT2D eigenvalue weighted by molar-refractivity contribution is 6.30. The first kappa shape index (κ1) is 15.3. The smallest absolute Gasteiger partial charge is 0.224 e. The maximum atomic E-state index is 11.7. The average molecular weight is 289 g/mol. The van der Waals surface area contributed by atoms with Gasteiger partial charge in [0.1, 0.15) is 0 Å². The van der Waals surface area contributed by atoms with Crippen LogP contribution in [-0.4, -0.2) is 18.5 Å². The van der Waals surface area contributed by atoms with Gasteiger partial charge >= 0.3 is 0 Å². The van der Waals surface area contributed by atoms with Gasteiger partial charge < -0.3 is 11.1 Å². The van der Waals surface area contributed by atoms with E-state index in [1.807, 2.05) is 18.2 Å². The number of hydrogen-bond donors (Lipinski definition) is 2. The van der Waals surface area contributed by atoms with Crippen molar-refractivity contribution in [1.82, 2.24) is 5.32 Å². The molecule has 18 heavy (non-hydrogen) atoms.